The molecule has 0 bridgehead atoms. The van der Waals surface area contributed by atoms with Gasteiger partial charge in [0.25, 0.3) is 0 Å². The van der Waals surface area contributed by atoms with Crippen LogP contribution in [-0.2, 0) is 22.6 Å². The fourth-order valence-electron chi connectivity index (χ4n) is 2.36. The van der Waals surface area contributed by atoms with Crippen LogP contribution in [0, 0.1) is 6.92 Å². The van der Waals surface area contributed by atoms with Gasteiger partial charge in [0.15, 0.2) is 0 Å². The zero-order valence-corrected chi connectivity index (χ0v) is 14.1. The van der Waals surface area contributed by atoms with Crippen molar-refractivity contribution in [3.63, 3.8) is 0 Å². The average Bonchev–Trinajstić information content (AvgIpc) is 2.60. The summed E-state index contributed by atoms with van der Waals surface area (Å²) in [7, 11) is 0. The fraction of sp³-hybridized carbons (Fsp3) is 0.316. The number of aliphatic carboxylic acids is 1. The van der Waals surface area contributed by atoms with Gasteiger partial charge in [-0.2, -0.15) is 0 Å². The van der Waals surface area contributed by atoms with E-state index in [0.717, 1.165) is 16.8 Å². The molecule has 6 nitrogen and oxygen atoms in total. The van der Waals surface area contributed by atoms with Crippen LogP contribution in [0.3, 0.4) is 0 Å². The lowest BCUT2D eigenvalue weighted by molar-refractivity contribution is -0.137. The number of aryl methyl sites for hydroxylation is 1. The van der Waals surface area contributed by atoms with E-state index >= 15 is 0 Å². The smallest absolute Gasteiger partial charge is 0.407 e. The maximum atomic E-state index is 12.0. The van der Waals surface area contributed by atoms with E-state index in [2.05, 4.69) is 10.3 Å². The number of ether oxygens (including phenoxy) is 1. The summed E-state index contributed by atoms with van der Waals surface area (Å²) >= 11 is 0. The Morgan fingerprint density at radius 1 is 1.16 bits per heavy atom. The van der Waals surface area contributed by atoms with Crippen LogP contribution in [0.2, 0.25) is 0 Å². The molecule has 0 aliphatic rings. The summed E-state index contributed by atoms with van der Waals surface area (Å²) in [5.41, 5.74) is 2.73. The van der Waals surface area contributed by atoms with E-state index in [4.69, 9.17) is 9.84 Å². The maximum Gasteiger partial charge on any atom is 0.407 e. The molecular weight excluding hydrogens is 320 g/mol. The number of aromatic nitrogens is 1. The third-order valence-corrected chi connectivity index (χ3v) is 3.70. The normalized spacial score (nSPS) is 11.6. The van der Waals surface area contributed by atoms with Crippen LogP contribution in [-0.4, -0.2) is 28.2 Å². The van der Waals surface area contributed by atoms with Crippen LogP contribution in [0.1, 0.15) is 29.7 Å². The Labute approximate surface area is 146 Å². The van der Waals surface area contributed by atoms with E-state index in [0.29, 0.717) is 12.8 Å². The van der Waals surface area contributed by atoms with Crippen molar-refractivity contribution in [2.24, 2.45) is 0 Å². The van der Waals surface area contributed by atoms with Gasteiger partial charge in [0.05, 0.1) is 0 Å². The third-order valence-electron chi connectivity index (χ3n) is 3.70. The summed E-state index contributed by atoms with van der Waals surface area (Å²) < 4.78 is 5.21. The number of carbonyl (C=O) groups excluding carboxylic acids is 1. The van der Waals surface area contributed by atoms with Gasteiger partial charge in [0, 0.05) is 24.4 Å². The number of nitrogens with zero attached hydrogens (tertiary/aromatic N) is 1. The summed E-state index contributed by atoms with van der Waals surface area (Å²) in [5.74, 6) is -0.897. The highest BCUT2D eigenvalue weighted by Gasteiger charge is 2.16. The topological polar surface area (TPSA) is 88.5 Å². The number of rotatable bonds is 8. The van der Waals surface area contributed by atoms with Gasteiger partial charge in [0.2, 0.25) is 0 Å². The lowest BCUT2D eigenvalue weighted by Crippen LogP contribution is -2.37. The second-order valence-corrected chi connectivity index (χ2v) is 5.85. The summed E-state index contributed by atoms with van der Waals surface area (Å²) in [6, 6.07) is 12.8. The average molecular weight is 342 g/mol. The molecule has 0 spiro atoms. The number of carbonyl (C=O) groups is 2. The van der Waals surface area contributed by atoms with Gasteiger partial charge in [-0.15, -0.1) is 0 Å². The highest BCUT2D eigenvalue weighted by molar-refractivity contribution is 5.68. The molecule has 1 heterocycles. The Morgan fingerprint density at radius 2 is 1.92 bits per heavy atom. The summed E-state index contributed by atoms with van der Waals surface area (Å²) in [5, 5.41) is 11.6. The first kappa shape index (κ1) is 18.4. The molecule has 1 aromatic heterocycles. The molecule has 1 aromatic carbocycles. The third kappa shape index (κ3) is 7.03. The number of nitrogens with one attached hydrogen (secondary N) is 1. The predicted octanol–water partition coefficient (Wildman–Crippen LogP) is 3.09. The molecule has 0 fully saturated rings. The predicted molar refractivity (Wildman–Crippen MR) is 93.1 cm³/mol. The van der Waals surface area contributed by atoms with Gasteiger partial charge in [-0.05, 0) is 37.0 Å². The lowest BCUT2D eigenvalue weighted by Gasteiger charge is -2.18. The first-order valence-corrected chi connectivity index (χ1v) is 8.13. The van der Waals surface area contributed by atoms with Crippen LogP contribution in [0.15, 0.2) is 48.7 Å². The lowest BCUT2D eigenvalue weighted by atomic mass is 10.0. The SMILES string of the molecule is Cc1ccc(CC(CCC(=O)O)NC(=O)OCc2ccccc2)cn1. The molecule has 1 unspecified atom stereocenters. The number of hydrogen-bond donors (Lipinski definition) is 2. The monoisotopic (exact) mass is 342 g/mol. The zero-order chi connectivity index (χ0) is 18.1. The minimum atomic E-state index is -0.897. The number of carboxylic acids is 1. The van der Waals surface area contributed by atoms with Gasteiger partial charge >= 0.3 is 12.1 Å². The van der Waals surface area contributed by atoms with E-state index in [9.17, 15) is 9.59 Å². The molecule has 0 aliphatic carbocycles. The van der Waals surface area contributed by atoms with E-state index in [1.165, 1.54) is 0 Å². The Balaban J connectivity index is 1.90. The van der Waals surface area contributed by atoms with Crippen molar-refractivity contribution in [3.8, 4) is 0 Å². The number of amides is 1. The van der Waals surface area contributed by atoms with Crippen molar-refractivity contribution < 1.29 is 19.4 Å². The van der Waals surface area contributed by atoms with Gasteiger partial charge in [-0.3, -0.25) is 9.78 Å². The molecule has 2 rings (SSSR count). The van der Waals surface area contributed by atoms with Gasteiger partial charge in [-0.25, -0.2) is 4.79 Å². The summed E-state index contributed by atoms with van der Waals surface area (Å²) in [4.78, 5) is 27.1. The molecule has 25 heavy (non-hydrogen) atoms. The van der Waals surface area contributed by atoms with E-state index < -0.39 is 12.1 Å². The summed E-state index contributed by atoms with van der Waals surface area (Å²) in [6.45, 7) is 2.06. The first-order chi connectivity index (χ1) is 12.0. The number of alkyl carbamates (subject to hydrolysis) is 1. The molecule has 1 atom stereocenters. The van der Waals surface area contributed by atoms with E-state index in [1.807, 2.05) is 49.4 Å². The largest absolute Gasteiger partial charge is 0.481 e. The van der Waals surface area contributed by atoms with Crippen LogP contribution in [0.4, 0.5) is 4.79 Å². The van der Waals surface area contributed by atoms with Crippen LogP contribution in [0.25, 0.3) is 0 Å². The van der Waals surface area contributed by atoms with E-state index in [-0.39, 0.29) is 19.1 Å². The molecule has 2 aromatic rings. The minimum Gasteiger partial charge on any atom is -0.481 e. The Bertz CT molecular complexity index is 686. The standard InChI is InChI=1S/C19H22N2O4/c1-14-7-8-16(12-20-14)11-17(9-10-18(22)23)21-19(24)25-13-15-5-3-2-4-6-15/h2-8,12,17H,9-11,13H2,1H3,(H,21,24)(H,22,23). The van der Waals surface area contributed by atoms with Crippen LogP contribution < -0.4 is 5.32 Å². The molecular formula is C19H22N2O4. The van der Waals surface area contributed by atoms with Crippen LogP contribution >= 0.6 is 0 Å². The molecule has 6 heteroatoms. The second-order valence-electron chi connectivity index (χ2n) is 5.85. The number of carboxylic acid groups (broad SMARTS) is 1. The fourth-order valence-corrected chi connectivity index (χ4v) is 2.36. The summed E-state index contributed by atoms with van der Waals surface area (Å²) in [6.07, 6.45) is 1.98. The minimum absolute atomic E-state index is 0.0249. The molecule has 2 N–H and O–H groups in total. The van der Waals surface area contributed by atoms with E-state index in [1.54, 1.807) is 6.20 Å². The quantitative estimate of drug-likeness (QED) is 0.769. The number of pyridine rings is 1. The van der Waals surface area contributed by atoms with Crippen molar-refractivity contribution >= 4 is 12.1 Å². The van der Waals surface area contributed by atoms with Crippen molar-refractivity contribution in [2.75, 3.05) is 0 Å². The Hall–Kier alpha value is -2.89. The van der Waals surface area contributed by atoms with Crippen molar-refractivity contribution in [1.82, 2.24) is 10.3 Å². The molecule has 132 valence electrons. The molecule has 0 aliphatic heterocycles. The van der Waals surface area contributed by atoms with Crippen molar-refractivity contribution in [2.45, 2.75) is 38.8 Å². The number of benzene rings is 1. The number of hydrogen-bond acceptors (Lipinski definition) is 4. The highest BCUT2D eigenvalue weighted by Crippen LogP contribution is 2.09. The molecule has 0 radical (unpaired) electrons. The van der Waals surface area contributed by atoms with Gasteiger partial charge in [0.1, 0.15) is 6.61 Å². The molecule has 0 saturated carbocycles. The molecule has 0 saturated heterocycles. The Morgan fingerprint density at radius 3 is 2.56 bits per heavy atom. The van der Waals surface area contributed by atoms with Gasteiger partial charge in [-0.1, -0.05) is 36.4 Å². The van der Waals surface area contributed by atoms with Gasteiger partial charge < -0.3 is 15.2 Å². The highest BCUT2D eigenvalue weighted by atomic mass is 16.5. The van der Waals surface area contributed by atoms with Crippen molar-refractivity contribution in [3.05, 3.63) is 65.5 Å². The first-order valence-electron chi connectivity index (χ1n) is 8.13. The van der Waals surface area contributed by atoms with Crippen molar-refractivity contribution in [1.29, 1.82) is 0 Å². The Kier molecular flexibility index (Phi) is 6.95. The maximum absolute atomic E-state index is 12.0. The van der Waals surface area contributed by atoms with Crippen LogP contribution in [0.5, 0.6) is 0 Å². The second kappa shape index (κ2) is 9.42. The molecule has 1 amide bonds. The zero-order valence-electron chi connectivity index (χ0n) is 14.1.